The number of hydrogen-bond donors (Lipinski definition) is 0. The number of unbranched alkanes of at least 4 members (excludes halogenated alkanes) is 1. The van der Waals surface area contributed by atoms with Crippen molar-refractivity contribution in [1.82, 2.24) is 4.90 Å². The van der Waals surface area contributed by atoms with Gasteiger partial charge in [0.2, 0.25) is 15.9 Å². The lowest BCUT2D eigenvalue weighted by atomic mass is 10.3. The maximum atomic E-state index is 12.2. The van der Waals surface area contributed by atoms with E-state index < -0.39 is 10.0 Å². The van der Waals surface area contributed by atoms with Crippen molar-refractivity contribution >= 4 is 33.2 Å². The highest BCUT2D eigenvalue weighted by molar-refractivity contribution is 7.92. The minimum Gasteiger partial charge on any atom is -0.344 e. The molecule has 0 atom stereocenters. The molecule has 0 unspecified atom stereocenters. The first kappa shape index (κ1) is 17.8. The van der Waals surface area contributed by atoms with E-state index in [-0.39, 0.29) is 12.5 Å². The van der Waals surface area contributed by atoms with Crippen molar-refractivity contribution in [3.63, 3.8) is 0 Å². The first-order valence-electron chi connectivity index (χ1n) is 6.73. The zero-order valence-electron chi connectivity index (χ0n) is 12.5. The summed E-state index contributed by atoms with van der Waals surface area (Å²) >= 11 is 6.04. The van der Waals surface area contributed by atoms with E-state index in [0.29, 0.717) is 17.3 Å². The van der Waals surface area contributed by atoms with Crippen LogP contribution >= 0.6 is 11.6 Å². The molecule has 0 saturated heterocycles. The summed E-state index contributed by atoms with van der Waals surface area (Å²) in [7, 11) is -1.92. The zero-order valence-corrected chi connectivity index (χ0v) is 14.1. The molecule has 1 aromatic carbocycles. The third kappa shape index (κ3) is 5.21. The van der Waals surface area contributed by atoms with Crippen molar-refractivity contribution < 1.29 is 13.2 Å². The standard InChI is InChI=1S/C14H21ClN2O3S/c1-4-5-10-16(2)14(18)11-17(21(3,19)20)13-9-7-6-8-12(13)15/h6-9H,4-5,10-11H2,1-3H3. The summed E-state index contributed by atoms with van der Waals surface area (Å²) in [5.74, 6) is -0.256. The van der Waals surface area contributed by atoms with Crippen molar-refractivity contribution in [2.24, 2.45) is 0 Å². The van der Waals surface area contributed by atoms with Gasteiger partial charge < -0.3 is 4.90 Å². The molecule has 21 heavy (non-hydrogen) atoms. The Labute approximate surface area is 131 Å². The minimum atomic E-state index is -3.59. The number of likely N-dealkylation sites (N-methyl/N-ethyl adjacent to an activating group) is 1. The summed E-state index contributed by atoms with van der Waals surface area (Å²) in [6, 6.07) is 6.58. The van der Waals surface area contributed by atoms with Crippen molar-refractivity contribution in [2.45, 2.75) is 19.8 Å². The summed E-state index contributed by atoms with van der Waals surface area (Å²) in [6.45, 7) is 2.39. The molecule has 7 heteroatoms. The molecule has 0 heterocycles. The first-order chi connectivity index (χ1) is 9.77. The van der Waals surface area contributed by atoms with Gasteiger partial charge in [0.05, 0.1) is 17.0 Å². The molecule has 0 saturated carbocycles. The Bertz CT molecular complexity index is 590. The lowest BCUT2D eigenvalue weighted by Gasteiger charge is -2.25. The average Bonchev–Trinajstić information content (AvgIpc) is 2.41. The fourth-order valence-electron chi connectivity index (χ4n) is 1.80. The van der Waals surface area contributed by atoms with Gasteiger partial charge in [-0.3, -0.25) is 9.10 Å². The van der Waals surface area contributed by atoms with E-state index in [1.54, 1.807) is 36.2 Å². The Kier molecular flexibility index (Phi) is 6.48. The fraction of sp³-hybridized carbons (Fsp3) is 0.500. The van der Waals surface area contributed by atoms with Crippen LogP contribution in [0.5, 0.6) is 0 Å². The molecule has 0 radical (unpaired) electrons. The van der Waals surface area contributed by atoms with Crippen LogP contribution in [-0.2, 0) is 14.8 Å². The van der Waals surface area contributed by atoms with E-state index >= 15 is 0 Å². The number of sulfonamides is 1. The highest BCUT2D eigenvalue weighted by atomic mass is 35.5. The number of hydrogen-bond acceptors (Lipinski definition) is 3. The summed E-state index contributed by atoms with van der Waals surface area (Å²) in [5, 5.41) is 0.298. The second kappa shape index (κ2) is 7.66. The van der Waals surface area contributed by atoms with Crippen LogP contribution in [0.1, 0.15) is 19.8 Å². The van der Waals surface area contributed by atoms with Crippen molar-refractivity contribution in [2.75, 3.05) is 30.7 Å². The topological polar surface area (TPSA) is 57.7 Å². The number of amides is 1. The SMILES string of the molecule is CCCCN(C)C(=O)CN(c1ccccc1Cl)S(C)(=O)=O. The molecule has 118 valence electrons. The van der Waals surface area contributed by atoms with E-state index in [1.807, 2.05) is 6.92 Å². The van der Waals surface area contributed by atoms with Gasteiger partial charge in [-0.15, -0.1) is 0 Å². The molecule has 0 aromatic heterocycles. The van der Waals surface area contributed by atoms with Crippen LogP contribution < -0.4 is 4.31 Å². The van der Waals surface area contributed by atoms with Crippen molar-refractivity contribution in [1.29, 1.82) is 0 Å². The van der Waals surface area contributed by atoms with Gasteiger partial charge in [0.25, 0.3) is 0 Å². The average molecular weight is 333 g/mol. The highest BCUT2D eigenvalue weighted by Gasteiger charge is 2.24. The third-order valence-corrected chi connectivity index (χ3v) is 4.52. The molecule has 1 aromatic rings. The van der Waals surface area contributed by atoms with Crippen LogP contribution in [0.3, 0.4) is 0 Å². The number of carbonyl (C=O) groups excluding carboxylic acids is 1. The van der Waals surface area contributed by atoms with Gasteiger partial charge >= 0.3 is 0 Å². The molecule has 0 spiro atoms. The third-order valence-electron chi connectivity index (χ3n) is 3.07. The maximum absolute atomic E-state index is 12.2. The van der Waals surface area contributed by atoms with E-state index in [4.69, 9.17) is 11.6 Å². The number of rotatable bonds is 7. The van der Waals surface area contributed by atoms with E-state index in [0.717, 1.165) is 23.4 Å². The van der Waals surface area contributed by atoms with Crippen LogP contribution in [0, 0.1) is 0 Å². The molecule has 0 N–H and O–H groups in total. The Morgan fingerprint density at radius 1 is 1.29 bits per heavy atom. The van der Waals surface area contributed by atoms with Crippen LogP contribution in [0.15, 0.2) is 24.3 Å². The predicted octanol–water partition coefficient (Wildman–Crippen LogP) is 2.36. The van der Waals surface area contributed by atoms with E-state index in [1.165, 1.54) is 0 Å². The molecule has 1 amide bonds. The van der Waals surface area contributed by atoms with Gasteiger partial charge in [0, 0.05) is 13.6 Å². The van der Waals surface area contributed by atoms with Crippen LogP contribution in [0.2, 0.25) is 5.02 Å². The largest absolute Gasteiger partial charge is 0.344 e. The molecular weight excluding hydrogens is 312 g/mol. The molecule has 5 nitrogen and oxygen atoms in total. The molecule has 0 aliphatic rings. The summed E-state index contributed by atoms with van der Waals surface area (Å²) in [5.41, 5.74) is 0.318. The zero-order chi connectivity index (χ0) is 16.0. The molecule has 0 aliphatic heterocycles. The van der Waals surface area contributed by atoms with Gasteiger partial charge in [-0.25, -0.2) is 8.42 Å². The number of carbonyl (C=O) groups is 1. The number of anilines is 1. The Morgan fingerprint density at radius 3 is 2.43 bits per heavy atom. The minimum absolute atomic E-state index is 0.247. The lowest BCUT2D eigenvalue weighted by Crippen LogP contribution is -2.41. The van der Waals surface area contributed by atoms with Crippen LogP contribution in [0.25, 0.3) is 0 Å². The number of para-hydroxylation sites is 1. The van der Waals surface area contributed by atoms with E-state index in [2.05, 4.69) is 0 Å². The molecule has 1 rings (SSSR count). The lowest BCUT2D eigenvalue weighted by molar-refractivity contribution is -0.128. The van der Waals surface area contributed by atoms with Crippen molar-refractivity contribution in [3.8, 4) is 0 Å². The molecular formula is C14H21ClN2O3S. The van der Waals surface area contributed by atoms with Crippen LogP contribution in [0.4, 0.5) is 5.69 Å². The first-order valence-corrected chi connectivity index (χ1v) is 8.96. The number of benzene rings is 1. The monoisotopic (exact) mass is 332 g/mol. The smallest absolute Gasteiger partial charge is 0.243 e. The van der Waals surface area contributed by atoms with Gasteiger partial charge in [-0.2, -0.15) is 0 Å². The Balaban J connectivity index is 2.97. The summed E-state index contributed by atoms with van der Waals surface area (Å²) in [4.78, 5) is 13.7. The van der Waals surface area contributed by atoms with Gasteiger partial charge in [0.15, 0.2) is 0 Å². The van der Waals surface area contributed by atoms with Gasteiger partial charge in [0.1, 0.15) is 6.54 Å². The van der Waals surface area contributed by atoms with Gasteiger partial charge in [-0.1, -0.05) is 37.1 Å². The second-order valence-electron chi connectivity index (χ2n) is 4.89. The normalized spacial score (nSPS) is 11.2. The van der Waals surface area contributed by atoms with Crippen molar-refractivity contribution in [3.05, 3.63) is 29.3 Å². The molecule has 0 bridgehead atoms. The molecule has 0 fully saturated rings. The maximum Gasteiger partial charge on any atom is 0.243 e. The Morgan fingerprint density at radius 2 is 1.90 bits per heavy atom. The fourth-order valence-corrected chi connectivity index (χ4v) is 2.95. The predicted molar refractivity (Wildman–Crippen MR) is 86.2 cm³/mol. The Hall–Kier alpha value is -1.27. The summed E-state index contributed by atoms with van der Waals surface area (Å²) < 4.78 is 24.9. The quantitative estimate of drug-likeness (QED) is 0.770. The number of nitrogens with zero attached hydrogens (tertiary/aromatic N) is 2. The molecule has 0 aliphatic carbocycles. The van der Waals surface area contributed by atoms with E-state index in [9.17, 15) is 13.2 Å². The number of halogens is 1. The summed E-state index contributed by atoms with van der Waals surface area (Å²) in [6.07, 6.45) is 2.92. The highest BCUT2D eigenvalue weighted by Crippen LogP contribution is 2.27. The van der Waals surface area contributed by atoms with Gasteiger partial charge in [-0.05, 0) is 18.6 Å². The second-order valence-corrected chi connectivity index (χ2v) is 7.20. The van der Waals surface area contributed by atoms with Crippen LogP contribution in [-0.4, -0.2) is 45.6 Å².